The van der Waals surface area contributed by atoms with Crippen LogP contribution >= 0.6 is 23.2 Å². The van der Waals surface area contributed by atoms with E-state index in [-0.39, 0.29) is 33.1 Å². The molecule has 0 saturated heterocycles. The van der Waals surface area contributed by atoms with E-state index < -0.39 is 28.5 Å². The summed E-state index contributed by atoms with van der Waals surface area (Å²) in [6.07, 6.45) is 0.315. The lowest BCUT2D eigenvalue weighted by atomic mass is 10.1. The first-order chi connectivity index (χ1) is 19.0. The number of halogens is 2. The summed E-state index contributed by atoms with van der Waals surface area (Å²) in [6.45, 7) is 5.27. The van der Waals surface area contributed by atoms with Crippen molar-refractivity contribution in [3.63, 3.8) is 0 Å². The van der Waals surface area contributed by atoms with Crippen LogP contribution in [-0.2, 0) is 26.2 Å². The number of likely N-dealkylation sites (N-methyl/N-ethyl adjacent to an activating group) is 1. The van der Waals surface area contributed by atoms with Gasteiger partial charge < -0.3 is 15.0 Å². The lowest BCUT2D eigenvalue weighted by molar-refractivity contribution is -0.140. The molecule has 214 valence electrons. The second-order valence-corrected chi connectivity index (χ2v) is 11.9. The van der Waals surface area contributed by atoms with E-state index in [2.05, 4.69) is 5.32 Å². The Labute approximate surface area is 245 Å². The van der Waals surface area contributed by atoms with E-state index in [9.17, 15) is 18.0 Å². The highest BCUT2D eigenvalue weighted by Crippen LogP contribution is 2.30. The summed E-state index contributed by atoms with van der Waals surface area (Å²) >= 11 is 12.5. The lowest BCUT2D eigenvalue weighted by Gasteiger charge is -2.33. The van der Waals surface area contributed by atoms with Crippen LogP contribution < -0.4 is 14.4 Å². The second-order valence-electron chi connectivity index (χ2n) is 9.14. The maximum absolute atomic E-state index is 14.0. The average molecular weight is 607 g/mol. The molecular weight excluding hydrogens is 573 g/mol. The Bertz CT molecular complexity index is 1430. The van der Waals surface area contributed by atoms with Crippen LogP contribution in [-0.4, -0.2) is 51.4 Å². The first-order valence-electron chi connectivity index (χ1n) is 12.8. The molecular formula is C29H33Cl2N3O5S. The van der Waals surface area contributed by atoms with Crippen molar-refractivity contribution < 1.29 is 22.7 Å². The van der Waals surface area contributed by atoms with Crippen molar-refractivity contribution in [1.29, 1.82) is 0 Å². The van der Waals surface area contributed by atoms with Crippen molar-refractivity contribution in [1.82, 2.24) is 10.2 Å². The quantitative estimate of drug-likeness (QED) is 0.296. The van der Waals surface area contributed by atoms with Gasteiger partial charge in [0.15, 0.2) is 0 Å². The summed E-state index contributed by atoms with van der Waals surface area (Å²) in [7, 11) is -2.69. The molecule has 3 aromatic carbocycles. The minimum atomic E-state index is -4.23. The van der Waals surface area contributed by atoms with Crippen molar-refractivity contribution in [2.75, 3.05) is 24.5 Å². The molecule has 1 atom stereocenters. The highest BCUT2D eigenvalue weighted by atomic mass is 35.5. The molecule has 0 fully saturated rings. The van der Waals surface area contributed by atoms with Crippen LogP contribution in [0.3, 0.4) is 0 Å². The molecule has 40 heavy (non-hydrogen) atoms. The van der Waals surface area contributed by atoms with E-state index >= 15 is 0 Å². The number of anilines is 1. The van der Waals surface area contributed by atoms with Crippen LogP contribution in [0.25, 0.3) is 0 Å². The van der Waals surface area contributed by atoms with E-state index in [1.54, 1.807) is 44.2 Å². The third-order valence-corrected chi connectivity index (χ3v) is 8.47. The van der Waals surface area contributed by atoms with Gasteiger partial charge in [-0.1, -0.05) is 60.0 Å². The van der Waals surface area contributed by atoms with Crippen molar-refractivity contribution in [3.05, 3.63) is 87.9 Å². The Kier molecular flexibility index (Phi) is 10.8. The number of ether oxygens (including phenoxy) is 1. The third-order valence-electron chi connectivity index (χ3n) is 6.25. The van der Waals surface area contributed by atoms with E-state index in [0.717, 1.165) is 9.87 Å². The van der Waals surface area contributed by atoms with Gasteiger partial charge in [-0.25, -0.2) is 8.42 Å². The smallest absolute Gasteiger partial charge is 0.264 e. The van der Waals surface area contributed by atoms with Crippen molar-refractivity contribution >= 4 is 50.7 Å². The summed E-state index contributed by atoms with van der Waals surface area (Å²) in [5, 5.41) is 3.20. The average Bonchev–Trinajstić information content (AvgIpc) is 2.91. The largest absolute Gasteiger partial charge is 0.497 e. The molecule has 0 aromatic heterocycles. The molecule has 0 aliphatic heterocycles. The molecule has 0 bridgehead atoms. The number of aryl methyl sites for hydroxylation is 1. The molecule has 8 nitrogen and oxygen atoms in total. The zero-order valence-electron chi connectivity index (χ0n) is 22.9. The van der Waals surface area contributed by atoms with Crippen LogP contribution in [0.5, 0.6) is 5.75 Å². The molecule has 0 aliphatic rings. The molecule has 2 amide bonds. The molecule has 0 radical (unpaired) electrons. The summed E-state index contributed by atoms with van der Waals surface area (Å²) in [6, 6.07) is 16.9. The van der Waals surface area contributed by atoms with Gasteiger partial charge in [0.2, 0.25) is 11.8 Å². The monoisotopic (exact) mass is 605 g/mol. The molecule has 0 spiro atoms. The molecule has 1 unspecified atom stereocenters. The minimum absolute atomic E-state index is 0.00267. The van der Waals surface area contributed by atoms with Gasteiger partial charge in [0.25, 0.3) is 10.0 Å². The van der Waals surface area contributed by atoms with Gasteiger partial charge in [-0.2, -0.15) is 0 Å². The van der Waals surface area contributed by atoms with E-state index in [0.29, 0.717) is 24.3 Å². The van der Waals surface area contributed by atoms with Crippen molar-refractivity contribution in [2.24, 2.45) is 0 Å². The Morgan fingerprint density at radius 3 is 2.20 bits per heavy atom. The molecule has 3 aromatic rings. The number of sulfonamides is 1. The summed E-state index contributed by atoms with van der Waals surface area (Å²) in [5.74, 6) is -0.319. The number of carbonyl (C=O) groups excluding carboxylic acids is 2. The van der Waals surface area contributed by atoms with E-state index in [1.807, 2.05) is 13.0 Å². The van der Waals surface area contributed by atoms with Crippen LogP contribution in [0.1, 0.15) is 31.4 Å². The van der Waals surface area contributed by atoms with Crippen molar-refractivity contribution in [3.8, 4) is 5.75 Å². The standard InChI is InChI=1S/C29H33Cl2N3O5S/c1-5-27(29(36)32-6-2)33(18-21-8-7-9-25(14-21)39-4)28(35)19-34(24-16-22(30)15-23(31)17-24)40(37,38)26-12-10-20(3)11-13-26/h7-17,27H,5-6,18-19H2,1-4H3,(H,32,36). The van der Waals surface area contributed by atoms with Crippen LogP contribution in [0.15, 0.2) is 71.6 Å². The number of nitrogens with zero attached hydrogens (tertiary/aromatic N) is 2. The van der Waals surface area contributed by atoms with Gasteiger partial charge >= 0.3 is 0 Å². The van der Waals surface area contributed by atoms with Gasteiger partial charge in [0, 0.05) is 23.1 Å². The maximum Gasteiger partial charge on any atom is 0.264 e. The lowest BCUT2D eigenvalue weighted by Crippen LogP contribution is -2.52. The Morgan fingerprint density at radius 1 is 0.975 bits per heavy atom. The zero-order chi connectivity index (χ0) is 29.4. The van der Waals surface area contributed by atoms with Crippen molar-refractivity contribution in [2.45, 2.75) is 44.7 Å². The number of methoxy groups -OCH3 is 1. The fourth-order valence-electron chi connectivity index (χ4n) is 4.23. The number of benzene rings is 3. The maximum atomic E-state index is 14.0. The van der Waals surface area contributed by atoms with Crippen LogP contribution in [0.2, 0.25) is 10.0 Å². The van der Waals surface area contributed by atoms with E-state index in [4.69, 9.17) is 27.9 Å². The number of nitrogens with one attached hydrogen (secondary N) is 1. The summed E-state index contributed by atoms with van der Waals surface area (Å²) in [4.78, 5) is 28.5. The molecule has 1 N–H and O–H groups in total. The first-order valence-corrected chi connectivity index (χ1v) is 14.9. The highest BCUT2D eigenvalue weighted by molar-refractivity contribution is 7.92. The number of hydrogen-bond acceptors (Lipinski definition) is 5. The molecule has 0 aliphatic carbocycles. The topological polar surface area (TPSA) is 96.0 Å². The van der Waals surface area contributed by atoms with Crippen LogP contribution in [0.4, 0.5) is 5.69 Å². The number of amides is 2. The Balaban J connectivity index is 2.10. The minimum Gasteiger partial charge on any atom is -0.497 e. The van der Waals surface area contributed by atoms with Gasteiger partial charge in [-0.3, -0.25) is 13.9 Å². The summed E-state index contributed by atoms with van der Waals surface area (Å²) < 4.78 is 34.1. The van der Waals surface area contributed by atoms with Gasteiger partial charge in [-0.05, 0) is 68.3 Å². The predicted octanol–water partition coefficient (Wildman–Crippen LogP) is 5.45. The Hall–Kier alpha value is -3.27. The number of carbonyl (C=O) groups is 2. The van der Waals surface area contributed by atoms with Gasteiger partial charge in [-0.15, -0.1) is 0 Å². The number of rotatable bonds is 12. The van der Waals surface area contributed by atoms with Gasteiger partial charge in [0.1, 0.15) is 18.3 Å². The highest BCUT2D eigenvalue weighted by Gasteiger charge is 2.33. The van der Waals surface area contributed by atoms with Crippen LogP contribution in [0, 0.1) is 6.92 Å². The molecule has 0 saturated carbocycles. The Morgan fingerprint density at radius 2 is 1.62 bits per heavy atom. The third kappa shape index (κ3) is 7.68. The SMILES string of the molecule is CCNC(=O)C(CC)N(Cc1cccc(OC)c1)C(=O)CN(c1cc(Cl)cc(Cl)c1)S(=O)(=O)c1ccc(C)cc1. The summed E-state index contributed by atoms with van der Waals surface area (Å²) in [5.41, 5.74) is 1.72. The molecule has 11 heteroatoms. The first kappa shape index (κ1) is 31.3. The second kappa shape index (κ2) is 13.9. The normalized spacial score (nSPS) is 11.9. The molecule has 3 rings (SSSR count). The molecule has 0 heterocycles. The zero-order valence-corrected chi connectivity index (χ0v) is 25.2. The van der Waals surface area contributed by atoms with Gasteiger partial charge in [0.05, 0.1) is 17.7 Å². The number of hydrogen-bond donors (Lipinski definition) is 1. The van der Waals surface area contributed by atoms with E-state index in [1.165, 1.54) is 42.3 Å². The fourth-order valence-corrected chi connectivity index (χ4v) is 6.14. The fraction of sp³-hybridized carbons (Fsp3) is 0.310. The predicted molar refractivity (Wildman–Crippen MR) is 158 cm³/mol.